The Bertz CT molecular complexity index is 1490. The number of ether oxygens (including phenoxy) is 1. The quantitative estimate of drug-likeness (QED) is 0.255. The fourth-order valence-corrected chi connectivity index (χ4v) is 4.12. The number of nitrogens with zero attached hydrogens (tertiary/aromatic N) is 1. The van der Waals surface area contributed by atoms with Gasteiger partial charge in [0.05, 0.1) is 23.7 Å². The molecule has 182 valence electrons. The first-order chi connectivity index (χ1) is 17.4. The van der Waals surface area contributed by atoms with E-state index in [1.165, 1.54) is 11.6 Å². The lowest BCUT2D eigenvalue weighted by Crippen LogP contribution is -2.12. The standard InChI is InChI=1S/C29H24F3N3O/c1-36-25-11-8-19(9-12-25)17-33-18-20-4-2-5-21(14-20)22-6-3-7-23(15-22)28-34-26-13-10-24(29(30,31)32)16-27(26)35-28/h2-16,33H,17-18H2,1H3,(H,34,35). The molecule has 0 bridgehead atoms. The zero-order valence-corrected chi connectivity index (χ0v) is 19.6. The van der Waals surface area contributed by atoms with Crippen molar-refractivity contribution in [2.45, 2.75) is 19.3 Å². The van der Waals surface area contributed by atoms with Crippen LogP contribution in [0.1, 0.15) is 16.7 Å². The normalized spacial score (nSPS) is 11.7. The first-order valence-corrected chi connectivity index (χ1v) is 11.5. The Morgan fingerprint density at radius 1 is 0.778 bits per heavy atom. The number of hydrogen-bond acceptors (Lipinski definition) is 3. The number of hydrogen-bond donors (Lipinski definition) is 2. The van der Waals surface area contributed by atoms with Gasteiger partial charge >= 0.3 is 6.18 Å². The van der Waals surface area contributed by atoms with Gasteiger partial charge in [0.25, 0.3) is 0 Å². The molecule has 0 radical (unpaired) electrons. The van der Waals surface area contributed by atoms with Crippen LogP contribution in [-0.2, 0) is 19.3 Å². The van der Waals surface area contributed by atoms with Crippen molar-refractivity contribution in [3.05, 3.63) is 108 Å². The summed E-state index contributed by atoms with van der Waals surface area (Å²) in [7, 11) is 1.65. The lowest BCUT2D eigenvalue weighted by molar-refractivity contribution is -0.137. The highest BCUT2D eigenvalue weighted by molar-refractivity contribution is 5.81. The second-order valence-corrected chi connectivity index (χ2v) is 8.55. The van der Waals surface area contributed by atoms with Gasteiger partial charge in [0, 0.05) is 18.7 Å². The van der Waals surface area contributed by atoms with Crippen molar-refractivity contribution < 1.29 is 17.9 Å². The average molecular weight is 488 g/mol. The molecule has 0 aliphatic carbocycles. The SMILES string of the molecule is COc1ccc(CNCc2cccc(-c3cccc(-c4nc5ccc(C(F)(F)F)cc5[nH]4)c3)c2)cc1. The lowest BCUT2D eigenvalue weighted by atomic mass is 10.0. The van der Waals surface area contributed by atoms with Crippen LogP contribution in [0.5, 0.6) is 5.75 Å². The largest absolute Gasteiger partial charge is 0.497 e. The van der Waals surface area contributed by atoms with Crippen LogP contribution in [0.3, 0.4) is 0 Å². The van der Waals surface area contributed by atoms with Crippen molar-refractivity contribution in [3.8, 4) is 28.3 Å². The highest BCUT2D eigenvalue weighted by Crippen LogP contribution is 2.32. The highest BCUT2D eigenvalue weighted by atomic mass is 19.4. The third-order valence-electron chi connectivity index (χ3n) is 6.02. The summed E-state index contributed by atoms with van der Waals surface area (Å²) in [5.41, 5.74) is 5.33. The fraction of sp³-hybridized carbons (Fsp3) is 0.138. The Kier molecular flexibility index (Phi) is 6.48. The average Bonchev–Trinajstić information content (AvgIpc) is 3.33. The molecule has 4 aromatic carbocycles. The molecule has 0 saturated carbocycles. The molecule has 7 heteroatoms. The number of methoxy groups -OCH3 is 1. The Hall–Kier alpha value is -4.10. The molecule has 0 atom stereocenters. The van der Waals surface area contributed by atoms with E-state index >= 15 is 0 Å². The van der Waals surface area contributed by atoms with Crippen LogP contribution < -0.4 is 10.1 Å². The number of aromatic nitrogens is 2. The van der Waals surface area contributed by atoms with E-state index in [-0.39, 0.29) is 0 Å². The van der Waals surface area contributed by atoms with Gasteiger partial charge in [0.1, 0.15) is 11.6 Å². The van der Waals surface area contributed by atoms with Crippen LogP contribution in [0.4, 0.5) is 13.2 Å². The summed E-state index contributed by atoms with van der Waals surface area (Å²) in [6, 6.07) is 27.6. The minimum Gasteiger partial charge on any atom is -0.497 e. The molecular weight excluding hydrogens is 463 g/mol. The molecule has 0 saturated heterocycles. The van der Waals surface area contributed by atoms with Gasteiger partial charge in [0.2, 0.25) is 0 Å². The number of halogens is 3. The van der Waals surface area contributed by atoms with Gasteiger partial charge in [0.15, 0.2) is 0 Å². The molecule has 0 aliphatic rings. The van der Waals surface area contributed by atoms with Crippen LogP contribution in [-0.4, -0.2) is 17.1 Å². The molecule has 0 aliphatic heterocycles. The smallest absolute Gasteiger partial charge is 0.416 e. The first kappa shape index (κ1) is 23.6. The molecule has 0 spiro atoms. The lowest BCUT2D eigenvalue weighted by Gasteiger charge is -2.09. The maximum absolute atomic E-state index is 13.1. The number of benzene rings is 4. The van der Waals surface area contributed by atoms with E-state index in [0.29, 0.717) is 23.4 Å². The van der Waals surface area contributed by atoms with Gasteiger partial charge in [-0.05, 0) is 64.7 Å². The molecule has 0 fully saturated rings. The predicted molar refractivity (Wildman–Crippen MR) is 136 cm³/mol. The van der Waals surface area contributed by atoms with E-state index in [4.69, 9.17) is 4.74 Å². The molecule has 0 amide bonds. The Labute approximate surface area is 206 Å². The van der Waals surface area contributed by atoms with Crippen molar-refractivity contribution in [1.82, 2.24) is 15.3 Å². The predicted octanol–water partition coefficient (Wildman–Crippen LogP) is 7.21. The van der Waals surface area contributed by atoms with Crippen LogP contribution in [0.15, 0.2) is 91.0 Å². The van der Waals surface area contributed by atoms with Crippen LogP contribution in [0.2, 0.25) is 0 Å². The van der Waals surface area contributed by atoms with Gasteiger partial charge in [-0.2, -0.15) is 13.2 Å². The zero-order chi connectivity index (χ0) is 25.1. The van der Waals surface area contributed by atoms with Gasteiger partial charge in [-0.3, -0.25) is 0 Å². The molecule has 5 rings (SSSR count). The van der Waals surface area contributed by atoms with Crippen molar-refractivity contribution in [3.63, 3.8) is 0 Å². The van der Waals surface area contributed by atoms with E-state index in [1.54, 1.807) is 7.11 Å². The number of imidazole rings is 1. The van der Waals surface area contributed by atoms with Crippen LogP contribution in [0, 0.1) is 0 Å². The van der Waals surface area contributed by atoms with Gasteiger partial charge < -0.3 is 15.0 Å². The van der Waals surface area contributed by atoms with E-state index in [9.17, 15) is 13.2 Å². The molecular formula is C29H24F3N3O. The molecule has 4 nitrogen and oxygen atoms in total. The maximum Gasteiger partial charge on any atom is 0.416 e. The Morgan fingerprint density at radius 3 is 2.22 bits per heavy atom. The van der Waals surface area contributed by atoms with Gasteiger partial charge in [-0.15, -0.1) is 0 Å². The van der Waals surface area contributed by atoms with Crippen molar-refractivity contribution in [2.75, 3.05) is 7.11 Å². The maximum atomic E-state index is 13.1. The van der Waals surface area contributed by atoms with Crippen molar-refractivity contribution >= 4 is 11.0 Å². The summed E-state index contributed by atoms with van der Waals surface area (Å²) >= 11 is 0. The second-order valence-electron chi connectivity index (χ2n) is 8.55. The number of H-pyrrole nitrogens is 1. The van der Waals surface area contributed by atoms with Gasteiger partial charge in [-0.25, -0.2) is 4.98 Å². The molecule has 36 heavy (non-hydrogen) atoms. The number of rotatable bonds is 7. The van der Waals surface area contributed by atoms with Crippen molar-refractivity contribution in [1.29, 1.82) is 0 Å². The number of alkyl halides is 3. The van der Waals surface area contributed by atoms with E-state index in [0.717, 1.165) is 46.7 Å². The van der Waals surface area contributed by atoms with E-state index in [2.05, 4.69) is 27.4 Å². The summed E-state index contributed by atoms with van der Waals surface area (Å²) in [4.78, 5) is 7.53. The number of nitrogens with one attached hydrogen (secondary N) is 2. The Balaban J connectivity index is 1.32. The summed E-state index contributed by atoms with van der Waals surface area (Å²) in [5, 5.41) is 3.47. The molecule has 5 aromatic rings. The molecule has 2 N–H and O–H groups in total. The zero-order valence-electron chi connectivity index (χ0n) is 19.6. The molecule has 0 unspecified atom stereocenters. The molecule has 1 aromatic heterocycles. The summed E-state index contributed by atoms with van der Waals surface area (Å²) in [5.74, 6) is 1.37. The number of fused-ring (bicyclic) bond motifs is 1. The second kappa shape index (κ2) is 9.87. The summed E-state index contributed by atoms with van der Waals surface area (Å²) < 4.78 is 44.4. The minimum atomic E-state index is -4.39. The minimum absolute atomic E-state index is 0.357. The summed E-state index contributed by atoms with van der Waals surface area (Å²) in [6.45, 7) is 1.45. The van der Waals surface area contributed by atoms with Crippen LogP contribution in [0.25, 0.3) is 33.5 Å². The third kappa shape index (κ3) is 5.26. The molecule has 1 heterocycles. The first-order valence-electron chi connectivity index (χ1n) is 11.5. The fourth-order valence-electron chi connectivity index (χ4n) is 4.12. The van der Waals surface area contributed by atoms with Crippen molar-refractivity contribution in [2.24, 2.45) is 0 Å². The van der Waals surface area contributed by atoms with E-state index in [1.807, 2.05) is 60.7 Å². The third-order valence-corrected chi connectivity index (χ3v) is 6.02. The number of aromatic amines is 1. The summed E-state index contributed by atoms with van der Waals surface area (Å²) in [6.07, 6.45) is -4.39. The Morgan fingerprint density at radius 2 is 1.47 bits per heavy atom. The monoisotopic (exact) mass is 487 g/mol. The topological polar surface area (TPSA) is 49.9 Å². The van der Waals surface area contributed by atoms with Gasteiger partial charge in [-0.1, -0.05) is 48.5 Å². The van der Waals surface area contributed by atoms with E-state index < -0.39 is 11.7 Å². The highest BCUT2D eigenvalue weighted by Gasteiger charge is 2.30. The van der Waals surface area contributed by atoms with Crippen LogP contribution >= 0.6 is 0 Å².